The van der Waals surface area contributed by atoms with Gasteiger partial charge >= 0.3 is 0 Å². The van der Waals surface area contributed by atoms with Crippen LogP contribution in [0.2, 0.25) is 0 Å². The van der Waals surface area contributed by atoms with Crippen molar-refractivity contribution in [3.05, 3.63) is 113 Å². The number of carbonyl (C=O) groups excluding carboxylic acids is 1. The minimum atomic E-state index is 0.708. The molecule has 0 atom stereocenters. The molecule has 0 radical (unpaired) electrons. The van der Waals surface area contributed by atoms with E-state index >= 15 is 0 Å². The summed E-state index contributed by atoms with van der Waals surface area (Å²) in [6.07, 6.45) is 2.51. The molecular weight excluding hydrogens is 362 g/mol. The molecule has 0 spiro atoms. The third-order valence-electron chi connectivity index (χ3n) is 4.81. The summed E-state index contributed by atoms with van der Waals surface area (Å²) in [6.45, 7) is 0. The summed E-state index contributed by atoms with van der Waals surface area (Å²) in [7, 11) is 0. The quantitative estimate of drug-likeness (QED) is 0.380. The predicted molar refractivity (Wildman–Crippen MR) is 118 cm³/mol. The van der Waals surface area contributed by atoms with Crippen molar-refractivity contribution in [2.45, 2.75) is 12.8 Å². The van der Waals surface area contributed by atoms with Crippen molar-refractivity contribution < 1.29 is 4.79 Å². The second-order valence-electron chi connectivity index (χ2n) is 6.73. The molecule has 4 aromatic rings. The van der Waals surface area contributed by atoms with Crippen LogP contribution in [0.15, 0.2) is 90.3 Å². The van der Waals surface area contributed by atoms with Crippen molar-refractivity contribution in [3.63, 3.8) is 0 Å². The second-order valence-corrected chi connectivity index (χ2v) is 7.61. The van der Waals surface area contributed by atoms with Crippen molar-refractivity contribution in [1.82, 2.24) is 0 Å². The second kappa shape index (κ2) is 8.68. The SMILES string of the molecule is O=CNc1ccc(Cc2c(Cc3ccccc3)csc2-c2ccccc2)cc1. The van der Waals surface area contributed by atoms with Gasteiger partial charge in [0.2, 0.25) is 6.41 Å². The summed E-state index contributed by atoms with van der Waals surface area (Å²) in [5, 5.41) is 4.99. The molecule has 138 valence electrons. The molecule has 3 heteroatoms. The monoisotopic (exact) mass is 383 g/mol. The maximum atomic E-state index is 10.6. The molecule has 1 heterocycles. The lowest BCUT2D eigenvalue weighted by molar-refractivity contribution is -0.105. The molecule has 4 rings (SSSR count). The topological polar surface area (TPSA) is 29.1 Å². The summed E-state index contributed by atoms with van der Waals surface area (Å²) in [6, 6.07) is 29.3. The molecule has 3 aromatic carbocycles. The molecule has 0 fully saturated rings. The van der Waals surface area contributed by atoms with Crippen LogP contribution in [0.4, 0.5) is 5.69 Å². The van der Waals surface area contributed by atoms with E-state index in [2.05, 4.69) is 83.5 Å². The minimum absolute atomic E-state index is 0.708. The van der Waals surface area contributed by atoms with Gasteiger partial charge in [-0.1, -0.05) is 72.8 Å². The van der Waals surface area contributed by atoms with Gasteiger partial charge in [-0.25, -0.2) is 0 Å². The molecule has 1 amide bonds. The van der Waals surface area contributed by atoms with Gasteiger partial charge in [-0.05, 0) is 58.2 Å². The van der Waals surface area contributed by atoms with Crippen molar-refractivity contribution in [2.24, 2.45) is 0 Å². The zero-order chi connectivity index (χ0) is 19.2. The first-order valence-corrected chi connectivity index (χ1v) is 10.2. The van der Waals surface area contributed by atoms with Crippen molar-refractivity contribution >= 4 is 23.4 Å². The first kappa shape index (κ1) is 18.2. The maximum absolute atomic E-state index is 10.6. The van der Waals surface area contributed by atoms with Crippen molar-refractivity contribution in [1.29, 1.82) is 0 Å². The average Bonchev–Trinajstić information content (AvgIpc) is 3.13. The predicted octanol–water partition coefficient (Wildman–Crippen LogP) is 6.17. The van der Waals surface area contributed by atoms with Crippen LogP contribution < -0.4 is 5.32 Å². The Labute approximate surface area is 169 Å². The summed E-state index contributed by atoms with van der Waals surface area (Å²) < 4.78 is 0. The van der Waals surface area contributed by atoms with Gasteiger partial charge in [0.1, 0.15) is 0 Å². The third-order valence-corrected chi connectivity index (χ3v) is 5.93. The Balaban J connectivity index is 1.69. The van der Waals surface area contributed by atoms with Gasteiger partial charge in [0, 0.05) is 10.6 Å². The summed E-state index contributed by atoms with van der Waals surface area (Å²) in [5.41, 5.74) is 7.41. The fourth-order valence-electron chi connectivity index (χ4n) is 3.40. The molecule has 0 saturated carbocycles. The minimum Gasteiger partial charge on any atom is -0.329 e. The summed E-state index contributed by atoms with van der Waals surface area (Å²) in [4.78, 5) is 12.0. The highest BCUT2D eigenvalue weighted by Gasteiger charge is 2.14. The lowest BCUT2D eigenvalue weighted by Crippen LogP contribution is -1.97. The number of amides is 1. The third kappa shape index (κ3) is 4.21. The fourth-order valence-corrected chi connectivity index (χ4v) is 4.50. The van der Waals surface area contributed by atoms with Gasteiger partial charge < -0.3 is 5.32 Å². The molecule has 0 aliphatic heterocycles. The number of benzene rings is 3. The zero-order valence-corrected chi connectivity index (χ0v) is 16.3. The highest BCUT2D eigenvalue weighted by atomic mass is 32.1. The van der Waals surface area contributed by atoms with E-state index < -0.39 is 0 Å². The number of thiophene rings is 1. The number of hydrogen-bond donors (Lipinski definition) is 1. The molecule has 1 N–H and O–H groups in total. The molecule has 0 aliphatic carbocycles. The Morgan fingerprint density at radius 3 is 2.07 bits per heavy atom. The Morgan fingerprint density at radius 1 is 0.750 bits per heavy atom. The summed E-state index contributed by atoms with van der Waals surface area (Å²) >= 11 is 1.82. The molecule has 1 aromatic heterocycles. The number of anilines is 1. The molecule has 28 heavy (non-hydrogen) atoms. The molecule has 0 aliphatic rings. The standard InChI is InChI=1S/C25H21NOS/c27-18-26-23-13-11-20(12-14-23)16-24-22(15-19-7-3-1-4-8-19)17-28-25(24)21-9-5-2-6-10-21/h1-14,17-18H,15-16H2,(H,26,27). The number of carbonyl (C=O) groups is 1. The lowest BCUT2D eigenvalue weighted by Gasteiger charge is -2.10. The molecule has 0 saturated heterocycles. The van der Waals surface area contributed by atoms with E-state index in [0.29, 0.717) is 6.41 Å². The van der Waals surface area contributed by atoms with Gasteiger partial charge in [0.15, 0.2) is 0 Å². The van der Waals surface area contributed by atoms with Crippen LogP contribution in [-0.4, -0.2) is 6.41 Å². The van der Waals surface area contributed by atoms with E-state index in [4.69, 9.17) is 0 Å². The normalized spacial score (nSPS) is 10.6. The molecule has 0 unspecified atom stereocenters. The van der Waals surface area contributed by atoms with Crippen LogP contribution in [-0.2, 0) is 17.6 Å². The van der Waals surface area contributed by atoms with E-state index in [0.717, 1.165) is 18.5 Å². The van der Waals surface area contributed by atoms with Crippen LogP contribution in [0, 0.1) is 0 Å². The molecular formula is C25H21NOS. The smallest absolute Gasteiger partial charge is 0.211 e. The number of rotatable bonds is 7. The zero-order valence-electron chi connectivity index (χ0n) is 15.5. The van der Waals surface area contributed by atoms with Crippen molar-refractivity contribution in [2.75, 3.05) is 5.32 Å². The van der Waals surface area contributed by atoms with Gasteiger partial charge in [-0.2, -0.15) is 0 Å². The van der Waals surface area contributed by atoms with E-state index in [1.165, 1.54) is 32.7 Å². The van der Waals surface area contributed by atoms with Gasteiger partial charge in [0.05, 0.1) is 0 Å². The van der Waals surface area contributed by atoms with Gasteiger partial charge in [-0.15, -0.1) is 11.3 Å². The summed E-state index contributed by atoms with van der Waals surface area (Å²) in [5.74, 6) is 0. The maximum Gasteiger partial charge on any atom is 0.211 e. The first-order chi connectivity index (χ1) is 13.8. The lowest BCUT2D eigenvalue weighted by atomic mass is 9.95. The number of nitrogens with one attached hydrogen (secondary N) is 1. The van der Waals surface area contributed by atoms with E-state index in [-0.39, 0.29) is 0 Å². The van der Waals surface area contributed by atoms with E-state index in [1.807, 2.05) is 23.5 Å². The van der Waals surface area contributed by atoms with E-state index in [9.17, 15) is 4.79 Å². The Hall–Kier alpha value is -3.17. The first-order valence-electron chi connectivity index (χ1n) is 9.31. The van der Waals surface area contributed by atoms with E-state index in [1.54, 1.807) is 0 Å². The van der Waals surface area contributed by atoms with Crippen molar-refractivity contribution in [3.8, 4) is 10.4 Å². The van der Waals surface area contributed by atoms with Crippen LogP contribution in [0.25, 0.3) is 10.4 Å². The van der Waals surface area contributed by atoms with Gasteiger partial charge in [-0.3, -0.25) is 4.79 Å². The highest BCUT2D eigenvalue weighted by molar-refractivity contribution is 7.14. The van der Waals surface area contributed by atoms with Gasteiger partial charge in [0.25, 0.3) is 0 Å². The molecule has 2 nitrogen and oxygen atoms in total. The van der Waals surface area contributed by atoms with Crippen LogP contribution >= 0.6 is 11.3 Å². The van der Waals surface area contributed by atoms with Crippen LogP contribution in [0.3, 0.4) is 0 Å². The largest absolute Gasteiger partial charge is 0.329 e. The Kier molecular flexibility index (Phi) is 5.64. The molecule has 0 bridgehead atoms. The fraction of sp³-hybridized carbons (Fsp3) is 0.0800. The van der Waals surface area contributed by atoms with Crippen LogP contribution in [0.1, 0.15) is 22.3 Å². The Morgan fingerprint density at radius 2 is 1.39 bits per heavy atom. The highest BCUT2D eigenvalue weighted by Crippen LogP contribution is 2.35. The Bertz CT molecular complexity index is 1040. The number of hydrogen-bond acceptors (Lipinski definition) is 2. The van der Waals surface area contributed by atoms with Crippen LogP contribution in [0.5, 0.6) is 0 Å². The average molecular weight is 384 g/mol.